The molecule has 0 radical (unpaired) electrons. The quantitative estimate of drug-likeness (QED) is 0.808. The first-order chi connectivity index (χ1) is 8.56. The number of hydrogen-bond donors (Lipinski definition) is 2. The van der Waals surface area contributed by atoms with E-state index >= 15 is 0 Å². The summed E-state index contributed by atoms with van der Waals surface area (Å²) >= 11 is 0. The van der Waals surface area contributed by atoms with Gasteiger partial charge in [-0.15, -0.1) is 0 Å². The average Bonchev–Trinajstić information content (AvgIpc) is 2.38. The molecule has 0 saturated heterocycles. The van der Waals surface area contributed by atoms with Crippen molar-refractivity contribution >= 4 is 5.91 Å². The molecule has 18 heavy (non-hydrogen) atoms. The van der Waals surface area contributed by atoms with Crippen molar-refractivity contribution in [3.05, 3.63) is 29.8 Å². The second-order valence-corrected chi connectivity index (χ2v) is 4.63. The standard InChI is InChI=1S/C14H22N2O2/c1-3-11(9-15)8-14(18)16(2)10-12-4-6-13(17)7-5-12/h4-7,11,17H,3,8-10,15H2,1-2H3. The number of hydrogen-bond acceptors (Lipinski definition) is 3. The third kappa shape index (κ3) is 4.37. The Morgan fingerprint density at radius 1 is 1.39 bits per heavy atom. The minimum atomic E-state index is 0.111. The number of phenolic OH excluding ortho intramolecular Hbond substituents is 1. The van der Waals surface area contributed by atoms with Gasteiger partial charge in [0, 0.05) is 20.0 Å². The summed E-state index contributed by atoms with van der Waals surface area (Å²) in [5, 5.41) is 9.19. The summed E-state index contributed by atoms with van der Waals surface area (Å²) in [6, 6.07) is 6.89. The van der Waals surface area contributed by atoms with Gasteiger partial charge in [0.15, 0.2) is 0 Å². The number of amides is 1. The Morgan fingerprint density at radius 2 is 2.00 bits per heavy atom. The van der Waals surface area contributed by atoms with Crippen molar-refractivity contribution in [2.75, 3.05) is 13.6 Å². The van der Waals surface area contributed by atoms with E-state index in [9.17, 15) is 9.90 Å². The number of benzene rings is 1. The number of carbonyl (C=O) groups is 1. The number of nitrogens with zero attached hydrogens (tertiary/aromatic N) is 1. The largest absolute Gasteiger partial charge is 0.508 e. The normalized spacial score (nSPS) is 12.2. The molecule has 4 nitrogen and oxygen atoms in total. The molecule has 0 aromatic heterocycles. The van der Waals surface area contributed by atoms with Crippen molar-refractivity contribution in [3.8, 4) is 5.75 Å². The summed E-state index contributed by atoms with van der Waals surface area (Å²) in [6.45, 7) is 3.15. The summed E-state index contributed by atoms with van der Waals surface area (Å²) < 4.78 is 0. The Balaban J connectivity index is 2.51. The molecule has 0 aliphatic rings. The number of carbonyl (C=O) groups excluding carboxylic acids is 1. The fourth-order valence-electron chi connectivity index (χ4n) is 1.76. The van der Waals surface area contributed by atoms with E-state index in [1.54, 1.807) is 24.1 Å². The maximum absolute atomic E-state index is 12.0. The lowest BCUT2D eigenvalue weighted by Gasteiger charge is -2.20. The third-order valence-electron chi connectivity index (χ3n) is 3.16. The highest BCUT2D eigenvalue weighted by molar-refractivity contribution is 5.76. The summed E-state index contributed by atoms with van der Waals surface area (Å²) in [6.07, 6.45) is 1.43. The van der Waals surface area contributed by atoms with Crippen LogP contribution in [-0.4, -0.2) is 29.5 Å². The van der Waals surface area contributed by atoms with Crippen molar-refractivity contribution in [1.82, 2.24) is 4.90 Å². The van der Waals surface area contributed by atoms with E-state index < -0.39 is 0 Å². The van der Waals surface area contributed by atoms with Gasteiger partial charge >= 0.3 is 0 Å². The smallest absolute Gasteiger partial charge is 0.222 e. The highest BCUT2D eigenvalue weighted by Crippen LogP contribution is 2.13. The van der Waals surface area contributed by atoms with Crippen LogP contribution in [-0.2, 0) is 11.3 Å². The first-order valence-electron chi connectivity index (χ1n) is 6.28. The van der Waals surface area contributed by atoms with E-state index in [2.05, 4.69) is 0 Å². The summed E-state index contributed by atoms with van der Waals surface area (Å²) in [4.78, 5) is 13.7. The van der Waals surface area contributed by atoms with Gasteiger partial charge in [0.05, 0.1) is 0 Å². The summed E-state index contributed by atoms with van der Waals surface area (Å²) in [5.41, 5.74) is 6.61. The highest BCUT2D eigenvalue weighted by Gasteiger charge is 2.14. The number of nitrogens with two attached hydrogens (primary N) is 1. The Morgan fingerprint density at radius 3 is 2.50 bits per heavy atom. The van der Waals surface area contributed by atoms with E-state index in [1.165, 1.54) is 0 Å². The molecule has 0 aliphatic heterocycles. The van der Waals surface area contributed by atoms with Gasteiger partial charge in [-0.3, -0.25) is 4.79 Å². The minimum Gasteiger partial charge on any atom is -0.508 e. The van der Waals surface area contributed by atoms with Gasteiger partial charge in [-0.2, -0.15) is 0 Å². The Hall–Kier alpha value is -1.55. The van der Waals surface area contributed by atoms with Crippen molar-refractivity contribution in [3.63, 3.8) is 0 Å². The average molecular weight is 250 g/mol. The molecule has 4 heteroatoms. The number of phenols is 1. The molecule has 0 fully saturated rings. The predicted octanol–water partition coefficient (Wildman–Crippen LogP) is 1.73. The molecule has 0 heterocycles. The predicted molar refractivity (Wildman–Crippen MR) is 72.0 cm³/mol. The molecule has 1 unspecified atom stereocenters. The maximum Gasteiger partial charge on any atom is 0.222 e. The molecule has 1 rings (SSSR count). The monoisotopic (exact) mass is 250 g/mol. The molecule has 1 aromatic rings. The van der Waals surface area contributed by atoms with E-state index in [-0.39, 0.29) is 17.6 Å². The van der Waals surface area contributed by atoms with Crippen LogP contribution in [0, 0.1) is 5.92 Å². The second-order valence-electron chi connectivity index (χ2n) is 4.63. The van der Waals surface area contributed by atoms with Gasteiger partial charge in [-0.05, 0) is 30.2 Å². The molecule has 1 atom stereocenters. The fraction of sp³-hybridized carbons (Fsp3) is 0.500. The van der Waals surface area contributed by atoms with E-state index in [4.69, 9.17) is 5.73 Å². The van der Waals surface area contributed by atoms with Crippen molar-refractivity contribution in [2.24, 2.45) is 11.7 Å². The zero-order valence-electron chi connectivity index (χ0n) is 11.1. The van der Waals surface area contributed by atoms with Crippen LogP contribution in [0.3, 0.4) is 0 Å². The van der Waals surface area contributed by atoms with Crippen LogP contribution in [0.5, 0.6) is 5.75 Å². The molecule has 0 saturated carbocycles. The molecule has 0 bridgehead atoms. The lowest BCUT2D eigenvalue weighted by atomic mass is 10.0. The van der Waals surface area contributed by atoms with Crippen LogP contribution in [0.1, 0.15) is 25.3 Å². The lowest BCUT2D eigenvalue weighted by Crippen LogP contribution is -2.29. The third-order valence-corrected chi connectivity index (χ3v) is 3.16. The van der Waals surface area contributed by atoms with Gasteiger partial charge in [0.2, 0.25) is 5.91 Å². The second kappa shape index (κ2) is 7.01. The van der Waals surface area contributed by atoms with Crippen LogP contribution >= 0.6 is 0 Å². The maximum atomic E-state index is 12.0. The van der Waals surface area contributed by atoms with Crippen molar-refractivity contribution in [1.29, 1.82) is 0 Å². The van der Waals surface area contributed by atoms with Gasteiger partial charge in [0.25, 0.3) is 0 Å². The summed E-state index contributed by atoms with van der Waals surface area (Å²) in [7, 11) is 1.79. The minimum absolute atomic E-state index is 0.111. The Kier molecular flexibility index (Phi) is 5.65. The van der Waals surface area contributed by atoms with Gasteiger partial charge in [-0.25, -0.2) is 0 Å². The molecule has 100 valence electrons. The van der Waals surface area contributed by atoms with E-state index in [1.807, 2.05) is 19.1 Å². The van der Waals surface area contributed by atoms with E-state index in [0.717, 1.165) is 12.0 Å². The number of rotatable bonds is 6. The van der Waals surface area contributed by atoms with Crippen LogP contribution in [0.2, 0.25) is 0 Å². The lowest BCUT2D eigenvalue weighted by molar-refractivity contribution is -0.131. The SMILES string of the molecule is CCC(CN)CC(=O)N(C)Cc1ccc(O)cc1. The molecular formula is C14H22N2O2. The van der Waals surface area contributed by atoms with Crippen molar-refractivity contribution < 1.29 is 9.90 Å². The molecule has 0 spiro atoms. The van der Waals surface area contributed by atoms with Gasteiger partial charge in [0.1, 0.15) is 5.75 Å². The molecule has 1 amide bonds. The van der Waals surface area contributed by atoms with Crippen LogP contribution < -0.4 is 5.73 Å². The number of aromatic hydroxyl groups is 1. The van der Waals surface area contributed by atoms with E-state index in [0.29, 0.717) is 19.5 Å². The molecule has 3 N–H and O–H groups in total. The van der Waals surface area contributed by atoms with Gasteiger partial charge in [-0.1, -0.05) is 25.5 Å². The Labute approximate surface area is 108 Å². The van der Waals surface area contributed by atoms with Crippen LogP contribution in [0.15, 0.2) is 24.3 Å². The first-order valence-corrected chi connectivity index (χ1v) is 6.28. The van der Waals surface area contributed by atoms with Crippen LogP contribution in [0.25, 0.3) is 0 Å². The zero-order chi connectivity index (χ0) is 13.5. The topological polar surface area (TPSA) is 66.6 Å². The molecular weight excluding hydrogens is 228 g/mol. The van der Waals surface area contributed by atoms with Gasteiger partial charge < -0.3 is 15.7 Å². The van der Waals surface area contributed by atoms with Crippen molar-refractivity contribution in [2.45, 2.75) is 26.3 Å². The fourth-order valence-corrected chi connectivity index (χ4v) is 1.76. The molecule has 0 aliphatic carbocycles. The molecule has 1 aromatic carbocycles. The summed E-state index contributed by atoms with van der Waals surface area (Å²) in [5.74, 6) is 0.613. The van der Waals surface area contributed by atoms with Crippen LogP contribution in [0.4, 0.5) is 0 Å². The highest BCUT2D eigenvalue weighted by atomic mass is 16.3. The first kappa shape index (κ1) is 14.5. The zero-order valence-corrected chi connectivity index (χ0v) is 11.1. The Bertz CT molecular complexity index is 372.